The Morgan fingerprint density at radius 3 is 1.31 bits per heavy atom. The Morgan fingerprint density at radius 1 is 0.462 bits per heavy atom. The third-order valence-electron chi connectivity index (χ3n) is 8.55. The van der Waals surface area contributed by atoms with E-state index in [4.69, 9.17) is 32.7 Å². The minimum absolute atomic E-state index is 0.0820. The molecule has 0 saturated carbocycles. The average Bonchev–Trinajstić information content (AvgIpc) is 3.26. The topological polar surface area (TPSA) is 152 Å². The van der Waals surface area contributed by atoms with Gasteiger partial charge < -0.3 is 30.7 Å². The summed E-state index contributed by atoms with van der Waals surface area (Å²) in [5.74, 6) is -6.46. The molecule has 0 spiro atoms. The number of fused-ring (bicyclic) bond motifs is 2. The number of nitrogens with one attached hydrogen (secondary N) is 4. The van der Waals surface area contributed by atoms with Crippen molar-refractivity contribution >= 4 is 80.1 Å². The summed E-state index contributed by atoms with van der Waals surface area (Å²) in [7, 11) is 0. The predicted octanol–water partition coefficient (Wildman–Crippen LogP) is 13.2. The van der Waals surface area contributed by atoms with Crippen LogP contribution in [0.1, 0.15) is 5.56 Å². The highest BCUT2D eigenvalue weighted by molar-refractivity contribution is 6.31. The van der Waals surface area contributed by atoms with E-state index in [-0.39, 0.29) is 39.3 Å². The number of nitrogens with zero attached hydrogens (tertiary/aromatic N) is 4. The fourth-order valence-electron chi connectivity index (χ4n) is 5.67. The summed E-state index contributed by atoms with van der Waals surface area (Å²) in [5.41, 5.74) is 0.590. The van der Waals surface area contributed by atoms with Crippen LogP contribution in [-0.2, 0) is 6.18 Å². The zero-order valence-electron chi connectivity index (χ0n) is 32.2. The van der Waals surface area contributed by atoms with Gasteiger partial charge in [-0.1, -0.05) is 23.2 Å². The molecule has 4 N–H and O–H groups in total. The van der Waals surface area contributed by atoms with Crippen LogP contribution < -0.4 is 30.7 Å². The molecule has 12 nitrogen and oxygen atoms in total. The lowest BCUT2D eigenvalue weighted by atomic mass is 10.2. The number of ether oxygens (including phenoxy) is 2. The molecule has 0 unspecified atom stereocenters. The van der Waals surface area contributed by atoms with Crippen molar-refractivity contribution in [1.29, 1.82) is 0 Å². The van der Waals surface area contributed by atoms with E-state index >= 15 is 0 Å². The predicted molar refractivity (Wildman–Crippen MR) is 225 cm³/mol. The molecule has 0 saturated heterocycles. The molecule has 2 heterocycles. The molecule has 65 heavy (non-hydrogen) atoms. The van der Waals surface area contributed by atoms with Gasteiger partial charge in [0, 0.05) is 83.9 Å². The first kappa shape index (κ1) is 45.2. The van der Waals surface area contributed by atoms with Gasteiger partial charge in [0.25, 0.3) is 0 Å². The number of hydrogen-bond acceptors (Lipinski definition) is 8. The van der Waals surface area contributed by atoms with Crippen molar-refractivity contribution in [2.24, 2.45) is 0 Å². The minimum atomic E-state index is -4.73. The van der Waals surface area contributed by atoms with E-state index in [1.807, 2.05) is 0 Å². The Morgan fingerprint density at radius 2 is 0.862 bits per heavy atom. The molecule has 0 bridgehead atoms. The number of urea groups is 2. The summed E-state index contributed by atoms with van der Waals surface area (Å²) in [4.78, 5) is 40.8. The van der Waals surface area contributed by atoms with Gasteiger partial charge in [0.05, 0.1) is 37.7 Å². The van der Waals surface area contributed by atoms with Crippen LogP contribution in [0.4, 0.5) is 67.5 Å². The molecule has 8 rings (SSSR count). The quantitative estimate of drug-likeness (QED) is 0.110. The van der Waals surface area contributed by atoms with Gasteiger partial charge >= 0.3 is 18.2 Å². The maximum atomic E-state index is 14.3. The molecule has 0 fully saturated rings. The normalized spacial score (nSPS) is 11.0. The average molecular weight is 940 g/mol. The molecule has 0 aliphatic carbocycles. The zero-order valence-corrected chi connectivity index (χ0v) is 33.8. The maximum Gasteiger partial charge on any atom is 0.417 e. The van der Waals surface area contributed by atoms with Crippen LogP contribution in [0.5, 0.6) is 23.0 Å². The van der Waals surface area contributed by atoms with E-state index in [2.05, 4.69) is 41.2 Å². The summed E-state index contributed by atoms with van der Waals surface area (Å²) < 4.78 is 120. The van der Waals surface area contributed by atoms with Crippen molar-refractivity contribution in [3.63, 3.8) is 0 Å². The van der Waals surface area contributed by atoms with Crippen LogP contribution in [0, 0.1) is 29.1 Å². The molecular weight excluding hydrogens is 915 g/mol. The van der Waals surface area contributed by atoms with Crippen molar-refractivity contribution in [2.45, 2.75) is 6.18 Å². The molecule has 0 atom stereocenters. The van der Waals surface area contributed by atoms with Crippen molar-refractivity contribution in [2.75, 3.05) is 21.3 Å². The fraction of sp³-hybridized carbons (Fsp3) is 0.0233. The summed E-state index contributed by atoms with van der Waals surface area (Å²) in [6.07, 6.45) is 1.23. The third kappa shape index (κ3) is 11.4. The second-order valence-corrected chi connectivity index (χ2v) is 14.0. The second-order valence-electron chi connectivity index (χ2n) is 13.1. The lowest BCUT2D eigenvalue weighted by Crippen LogP contribution is -2.20. The first-order valence-corrected chi connectivity index (χ1v) is 19.0. The number of aromatic nitrogens is 4. The highest BCUT2D eigenvalue weighted by Gasteiger charge is 2.33. The van der Waals surface area contributed by atoms with E-state index < -0.39 is 69.4 Å². The molecule has 0 aliphatic rings. The number of rotatable bonds is 8. The molecular formula is C43H24Cl2F8N8O4. The summed E-state index contributed by atoms with van der Waals surface area (Å²) in [5, 5.41) is 8.44. The molecule has 22 heteroatoms. The Hall–Kier alpha value is -7.84. The van der Waals surface area contributed by atoms with Gasteiger partial charge in [0.15, 0.2) is 23.1 Å². The number of alkyl halides is 3. The second kappa shape index (κ2) is 19.3. The van der Waals surface area contributed by atoms with Gasteiger partial charge in [-0.3, -0.25) is 19.9 Å². The number of anilines is 4. The first-order valence-electron chi connectivity index (χ1n) is 18.2. The monoisotopic (exact) mass is 938 g/mol. The molecule has 0 aliphatic heterocycles. The minimum Gasteiger partial charge on any atom is -0.454 e. The van der Waals surface area contributed by atoms with Crippen molar-refractivity contribution in [3.8, 4) is 23.0 Å². The van der Waals surface area contributed by atoms with E-state index in [9.17, 15) is 44.7 Å². The van der Waals surface area contributed by atoms with Gasteiger partial charge in [-0.05, 0) is 60.7 Å². The van der Waals surface area contributed by atoms with Crippen molar-refractivity contribution < 1.29 is 54.2 Å². The van der Waals surface area contributed by atoms with E-state index in [0.29, 0.717) is 34.2 Å². The maximum absolute atomic E-state index is 14.3. The van der Waals surface area contributed by atoms with Crippen LogP contribution in [0.2, 0.25) is 10.0 Å². The van der Waals surface area contributed by atoms with Crippen LogP contribution in [0.15, 0.2) is 122 Å². The van der Waals surface area contributed by atoms with E-state index in [0.717, 1.165) is 36.4 Å². The number of amides is 4. The van der Waals surface area contributed by atoms with Crippen LogP contribution in [0.25, 0.3) is 22.1 Å². The highest BCUT2D eigenvalue weighted by Crippen LogP contribution is 2.37. The molecule has 0 radical (unpaired) electrons. The lowest BCUT2D eigenvalue weighted by Gasteiger charge is -2.13. The SMILES string of the molecule is O=C(Nc1cc(F)c(F)c(Oc2ccc3nccnc3c2)c1)Nc1ccc(Cl)c(C(F)(F)F)c1.O=C(Nc1ccc(Cl)c(F)c1)Nc1cc(F)c(F)c(Oc2ccc3nccnc3c2)c1. The standard InChI is InChI=1S/C22H12ClF5N4O2.C21H12ClF3N4O2/c23-15-3-1-11(7-14(15)22(26,27)28)31-21(33)32-12-8-16(24)20(25)19(9-12)34-13-2-4-17-18(10-13)30-6-5-29-17;22-14-3-1-11(7-15(14)23)28-21(30)29-12-8-16(24)20(25)19(9-12)31-13-2-4-17-18(10-13)27-6-5-26-17/h1-10H,(H2,31,32,33);1-10H,(H2,28,29,30). The third-order valence-corrected chi connectivity index (χ3v) is 9.19. The Bertz CT molecular complexity index is 3110. The first-order chi connectivity index (χ1) is 31.0. The van der Waals surface area contributed by atoms with Gasteiger partial charge in [-0.25, -0.2) is 22.8 Å². The number of hydrogen-bond donors (Lipinski definition) is 4. The van der Waals surface area contributed by atoms with Crippen LogP contribution in [-0.4, -0.2) is 32.0 Å². The summed E-state index contributed by atoms with van der Waals surface area (Å²) >= 11 is 11.1. The molecule has 330 valence electrons. The Labute approximate surface area is 370 Å². The Balaban J connectivity index is 0.000000195. The number of halogens is 10. The lowest BCUT2D eigenvalue weighted by molar-refractivity contribution is -0.137. The van der Waals surface area contributed by atoms with E-state index in [1.165, 1.54) is 61.2 Å². The summed E-state index contributed by atoms with van der Waals surface area (Å²) in [6.45, 7) is 0. The van der Waals surface area contributed by atoms with E-state index in [1.54, 1.807) is 12.1 Å². The largest absolute Gasteiger partial charge is 0.454 e. The number of carbonyl (C=O) groups is 2. The van der Waals surface area contributed by atoms with Crippen LogP contribution >= 0.6 is 23.2 Å². The zero-order chi connectivity index (χ0) is 46.4. The highest BCUT2D eigenvalue weighted by atomic mass is 35.5. The van der Waals surface area contributed by atoms with Crippen molar-refractivity contribution in [1.82, 2.24) is 19.9 Å². The van der Waals surface area contributed by atoms with Gasteiger partial charge in [0.2, 0.25) is 11.6 Å². The van der Waals surface area contributed by atoms with Crippen LogP contribution in [0.3, 0.4) is 0 Å². The number of carbonyl (C=O) groups excluding carboxylic acids is 2. The van der Waals surface area contributed by atoms with Crippen molar-refractivity contribution in [3.05, 3.63) is 167 Å². The van der Waals surface area contributed by atoms with Gasteiger partial charge in [-0.15, -0.1) is 0 Å². The smallest absolute Gasteiger partial charge is 0.417 e. The molecule has 6 aromatic carbocycles. The number of benzene rings is 6. The van der Waals surface area contributed by atoms with Gasteiger partial charge in [0.1, 0.15) is 17.3 Å². The molecule has 8 aromatic rings. The summed E-state index contributed by atoms with van der Waals surface area (Å²) in [6, 6.07) is 17.4. The Kier molecular flexibility index (Phi) is 13.4. The molecule has 4 amide bonds. The fourth-order valence-corrected chi connectivity index (χ4v) is 6.01. The van der Waals surface area contributed by atoms with Gasteiger partial charge in [-0.2, -0.15) is 22.0 Å². The molecule has 2 aromatic heterocycles.